The Labute approximate surface area is 254 Å². The lowest BCUT2D eigenvalue weighted by Crippen LogP contribution is -2.51. The SMILES string of the molecule is COCCCCCCCOC1CCC(N2CCN(c3ccc(C(=O)NNC(=O)c4ccc(C(=O)O)cc4)cc3)CC2)CC1. The number of nitrogens with one attached hydrogen (secondary N) is 2. The molecule has 10 heteroatoms. The van der Waals surface area contributed by atoms with Gasteiger partial charge in [0, 0.05) is 69.4 Å². The lowest BCUT2D eigenvalue weighted by Gasteiger charge is -2.42. The van der Waals surface area contributed by atoms with Crippen LogP contribution in [-0.4, -0.2) is 86.4 Å². The van der Waals surface area contributed by atoms with E-state index in [1.165, 1.54) is 56.4 Å². The fourth-order valence-corrected chi connectivity index (χ4v) is 5.90. The van der Waals surface area contributed by atoms with Crippen LogP contribution in [0, 0.1) is 0 Å². The van der Waals surface area contributed by atoms with Crippen molar-refractivity contribution in [2.24, 2.45) is 0 Å². The van der Waals surface area contributed by atoms with Gasteiger partial charge in [0.15, 0.2) is 0 Å². The van der Waals surface area contributed by atoms with Crippen molar-refractivity contribution in [2.75, 3.05) is 51.4 Å². The Morgan fingerprint density at radius 1 is 0.721 bits per heavy atom. The minimum atomic E-state index is -1.07. The average molecular weight is 595 g/mol. The quantitative estimate of drug-likeness (QED) is 0.216. The summed E-state index contributed by atoms with van der Waals surface area (Å²) in [6.45, 7) is 5.70. The van der Waals surface area contributed by atoms with Gasteiger partial charge in [-0.05, 0) is 87.1 Å². The number of ether oxygens (including phenoxy) is 2. The number of rotatable bonds is 14. The Kier molecular flexibility index (Phi) is 12.8. The minimum Gasteiger partial charge on any atom is -0.478 e. The van der Waals surface area contributed by atoms with E-state index in [1.54, 1.807) is 19.2 Å². The molecule has 0 unspecified atom stereocenters. The molecule has 2 aliphatic rings. The second kappa shape index (κ2) is 17.0. The summed E-state index contributed by atoms with van der Waals surface area (Å²) in [5.41, 5.74) is 6.63. The standard InChI is InChI=1S/C33H46N4O6/c1-42-23-5-3-2-4-6-24-43-30-17-15-29(16-18-30)37-21-19-36(20-22-37)28-13-11-26(12-14-28)32(39)35-34-31(38)25-7-9-27(10-8-25)33(40)41/h7-14,29-30H,2-6,15-24H2,1H3,(H,34,38)(H,35,39)(H,40,41). The molecular weight excluding hydrogens is 548 g/mol. The predicted octanol–water partition coefficient (Wildman–Crippen LogP) is 4.51. The molecule has 2 aromatic rings. The van der Waals surface area contributed by atoms with Crippen LogP contribution in [0.2, 0.25) is 0 Å². The fourth-order valence-electron chi connectivity index (χ4n) is 5.90. The van der Waals surface area contributed by atoms with Gasteiger partial charge in [0.05, 0.1) is 11.7 Å². The maximum atomic E-state index is 12.5. The van der Waals surface area contributed by atoms with Crippen molar-refractivity contribution in [1.82, 2.24) is 15.8 Å². The zero-order valence-electron chi connectivity index (χ0n) is 25.3. The highest BCUT2D eigenvalue weighted by Gasteiger charge is 2.28. The molecule has 1 heterocycles. The van der Waals surface area contributed by atoms with E-state index in [1.807, 2.05) is 12.1 Å². The molecule has 1 saturated heterocycles. The largest absolute Gasteiger partial charge is 0.478 e. The van der Waals surface area contributed by atoms with E-state index in [9.17, 15) is 14.4 Å². The van der Waals surface area contributed by atoms with Crippen LogP contribution >= 0.6 is 0 Å². The van der Waals surface area contributed by atoms with E-state index in [0.29, 0.717) is 17.7 Å². The molecule has 234 valence electrons. The van der Waals surface area contributed by atoms with Crippen LogP contribution in [0.1, 0.15) is 88.9 Å². The molecule has 0 aromatic heterocycles. The van der Waals surface area contributed by atoms with E-state index in [0.717, 1.165) is 70.8 Å². The first-order valence-corrected chi connectivity index (χ1v) is 15.6. The van der Waals surface area contributed by atoms with Crippen molar-refractivity contribution in [3.8, 4) is 0 Å². The molecule has 0 spiro atoms. The number of carboxylic acids is 1. The molecule has 0 radical (unpaired) electrons. The van der Waals surface area contributed by atoms with Gasteiger partial charge in [0.2, 0.25) is 0 Å². The molecular formula is C33H46N4O6. The van der Waals surface area contributed by atoms with Gasteiger partial charge in [-0.3, -0.25) is 25.3 Å². The number of benzene rings is 2. The molecule has 1 aliphatic heterocycles. The van der Waals surface area contributed by atoms with Gasteiger partial charge in [-0.15, -0.1) is 0 Å². The van der Waals surface area contributed by atoms with E-state index < -0.39 is 17.8 Å². The molecule has 0 bridgehead atoms. The molecule has 2 aromatic carbocycles. The van der Waals surface area contributed by atoms with Crippen molar-refractivity contribution in [3.63, 3.8) is 0 Å². The van der Waals surface area contributed by atoms with E-state index in [-0.39, 0.29) is 11.1 Å². The summed E-state index contributed by atoms with van der Waals surface area (Å²) in [4.78, 5) is 40.8. The molecule has 1 saturated carbocycles. The van der Waals surface area contributed by atoms with Crippen LogP contribution in [-0.2, 0) is 9.47 Å². The third-order valence-electron chi connectivity index (χ3n) is 8.50. The number of aromatic carboxylic acids is 1. The van der Waals surface area contributed by atoms with Gasteiger partial charge < -0.3 is 19.5 Å². The Morgan fingerprint density at radius 3 is 1.79 bits per heavy atom. The second-order valence-electron chi connectivity index (χ2n) is 11.4. The summed E-state index contributed by atoms with van der Waals surface area (Å²) in [7, 11) is 1.76. The van der Waals surface area contributed by atoms with Gasteiger partial charge in [0.25, 0.3) is 11.8 Å². The Bertz CT molecular complexity index is 1160. The topological polar surface area (TPSA) is 120 Å². The lowest BCUT2D eigenvalue weighted by molar-refractivity contribution is 0.00473. The number of hydrogen-bond donors (Lipinski definition) is 3. The van der Waals surface area contributed by atoms with Crippen LogP contribution in [0.3, 0.4) is 0 Å². The summed E-state index contributed by atoms with van der Waals surface area (Å²) in [5.74, 6) is -2.02. The summed E-state index contributed by atoms with van der Waals surface area (Å²) in [5, 5.41) is 8.98. The summed E-state index contributed by atoms with van der Waals surface area (Å²) in [6, 6.07) is 13.5. The van der Waals surface area contributed by atoms with Crippen LogP contribution in [0.4, 0.5) is 5.69 Å². The number of nitrogens with zero attached hydrogens (tertiary/aromatic N) is 2. The maximum Gasteiger partial charge on any atom is 0.335 e. The number of unbranched alkanes of at least 4 members (excludes halogenated alkanes) is 4. The molecule has 2 fully saturated rings. The predicted molar refractivity (Wildman–Crippen MR) is 166 cm³/mol. The van der Waals surface area contributed by atoms with Crippen molar-refractivity contribution in [3.05, 3.63) is 65.2 Å². The minimum absolute atomic E-state index is 0.0846. The number of methoxy groups -OCH3 is 1. The number of hydrogen-bond acceptors (Lipinski definition) is 7. The molecule has 10 nitrogen and oxygen atoms in total. The third kappa shape index (κ3) is 10.0. The number of hydrazine groups is 1. The molecule has 0 atom stereocenters. The van der Waals surface area contributed by atoms with Gasteiger partial charge in [-0.1, -0.05) is 19.3 Å². The number of anilines is 1. The summed E-state index contributed by atoms with van der Waals surface area (Å²) >= 11 is 0. The number of piperazine rings is 1. The highest BCUT2D eigenvalue weighted by Crippen LogP contribution is 2.27. The van der Waals surface area contributed by atoms with Crippen LogP contribution in [0.5, 0.6) is 0 Å². The number of carbonyl (C=O) groups excluding carboxylic acids is 2. The van der Waals surface area contributed by atoms with Crippen LogP contribution in [0.15, 0.2) is 48.5 Å². The summed E-state index contributed by atoms with van der Waals surface area (Å²) < 4.78 is 11.3. The molecule has 3 N–H and O–H groups in total. The molecule has 1 aliphatic carbocycles. The summed E-state index contributed by atoms with van der Waals surface area (Å²) in [6.07, 6.45) is 11.2. The third-order valence-corrected chi connectivity index (χ3v) is 8.50. The Balaban J connectivity index is 1.11. The molecule has 2 amide bonds. The van der Waals surface area contributed by atoms with Crippen molar-refractivity contribution in [1.29, 1.82) is 0 Å². The highest BCUT2D eigenvalue weighted by atomic mass is 16.5. The normalized spacial score (nSPS) is 19.1. The first kappa shape index (κ1) is 32.4. The fraction of sp³-hybridized carbons (Fsp3) is 0.545. The van der Waals surface area contributed by atoms with Crippen molar-refractivity contribution < 1.29 is 29.0 Å². The zero-order chi connectivity index (χ0) is 30.4. The van der Waals surface area contributed by atoms with Gasteiger partial charge in [-0.25, -0.2) is 4.79 Å². The zero-order valence-corrected chi connectivity index (χ0v) is 25.3. The van der Waals surface area contributed by atoms with Crippen molar-refractivity contribution >= 4 is 23.5 Å². The average Bonchev–Trinajstić information content (AvgIpc) is 3.05. The van der Waals surface area contributed by atoms with Crippen LogP contribution < -0.4 is 15.8 Å². The van der Waals surface area contributed by atoms with E-state index in [4.69, 9.17) is 14.6 Å². The monoisotopic (exact) mass is 594 g/mol. The Morgan fingerprint density at radius 2 is 1.23 bits per heavy atom. The maximum absolute atomic E-state index is 12.5. The highest BCUT2D eigenvalue weighted by molar-refractivity contribution is 5.99. The molecule has 4 rings (SSSR count). The molecule has 43 heavy (non-hydrogen) atoms. The first-order valence-electron chi connectivity index (χ1n) is 15.6. The first-order chi connectivity index (χ1) is 20.9. The van der Waals surface area contributed by atoms with Gasteiger partial charge >= 0.3 is 5.97 Å². The smallest absolute Gasteiger partial charge is 0.335 e. The number of carbonyl (C=O) groups is 3. The lowest BCUT2D eigenvalue weighted by atomic mass is 9.91. The number of amides is 2. The number of carboxylic acid groups (broad SMARTS) is 1. The Hall–Kier alpha value is -3.47. The van der Waals surface area contributed by atoms with Gasteiger partial charge in [-0.2, -0.15) is 0 Å². The second-order valence-corrected chi connectivity index (χ2v) is 11.4. The van der Waals surface area contributed by atoms with Gasteiger partial charge in [0.1, 0.15) is 0 Å². The van der Waals surface area contributed by atoms with Crippen LogP contribution in [0.25, 0.3) is 0 Å². The van der Waals surface area contributed by atoms with E-state index in [2.05, 4.69) is 20.7 Å². The van der Waals surface area contributed by atoms with E-state index >= 15 is 0 Å². The van der Waals surface area contributed by atoms with Crippen molar-refractivity contribution in [2.45, 2.75) is 69.9 Å².